The molecule has 1 fully saturated rings. The van der Waals surface area contributed by atoms with Gasteiger partial charge in [-0.2, -0.15) is 0 Å². The van der Waals surface area contributed by atoms with Crippen LogP contribution in [0.1, 0.15) is 32.6 Å². The second-order valence-corrected chi connectivity index (χ2v) is 7.45. The summed E-state index contributed by atoms with van der Waals surface area (Å²) in [4.78, 5) is 13.0. The topological polar surface area (TPSA) is 49.3 Å². The Morgan fingerprint density at radius 2 is 2.29 bits per heavy atom. The van der Waals surface area contributed by atoms with Crippen LogP contribution in [0.15, 0.2) is 33.6 Å². The second-order valence-electron chi connectivity index (χ2n) is 5.46. The normalized spacial score (nSPS) is 25.1. The molecule has 116 valence electrons. The largest absolute Gasteiger partial charge is 0.480 e. The average Bonchev–Trinajstić information content (AvgIpc) is 2.86. The molecule has 1 saturated carbocycles. The number of rotatable bonds is 7. The summed E-state index contributed by atoms with van der Waals surface area (Å²) in [6.07, 6.45) is 3.70. The van der Waals surface area contributed by atoms with E-state index in [2.05, 4.69) is 27.3 Å². The lowest BCUT2D eigenvalue weighted by atomic mass is 9.85. The van der Waals surface area contributed by atoms with Crippen molar-refractivity contribution in [2.24, 2.45) is 5.92 Å². The monoisotopic (exact) mass is 371 g/mol. The van der Waals surface area contributed by atoms with E-state index in [4.69, 9.17) is 0 Å². The van der Waals surface area contributed by atoms with Gasteiger partial charge in [-0.15, -0.1) is 11.8 Å². The molecular weight excluding hydrogens is 350 g/mol. The number of carbonyl (C=O) groups is 1. The first-order valence-electron chi connectivity index (χ1n) is 7.46. The number of likely N-dealkylation sites (N-methyl/N-ethyl adjacent to an activating group) is 1. The second kappa shape index (κ2) is 7.65. The Balaban J connectivity index is 1.95. The van der Waals surface area contributed by atoms with Crippen LogP contribution in [0.5, 0.6) is 0 Å². The maximum Gasteiger partial charge on any atom is 0.324 e. The van der Waals surface area contributed by atoms with Gasteiger partial charge < -0.3 is 10.4 Å². The molecule has 0 bridgehead atoms. The first kappa shape index (κ1) is 16.8. The molecule has 21 heavy (non-hydrogen) atoms. The average molecular weight is 372 g/mol. The Hall–Kier alpha value is -0.520. The Labute approximate surface area is 139 Å². The van der Waals surface area contributed by atoms with Gasteiger partial charge in [-0.3, -0.25) is 4.79 Å². The summed E-state index contributed by atoms with van der Waals surface area (Å²) in [5.41, 5.74) is -0.705. The van der Waals surface area contributed by atoms with E-state index in [1.165, 1.54) is 4.90 Å². The molecule has 1 aromatic carbocycles. The zero-order valence-corrected chi connectivity index (χ0v) is 14.7. The smallest absolute Gasteiger partial charge is 0.324 e. The van der Waals surface area contributed by atoms with E-state index < -0.39 is 11.5 Å². The Morgan fingerprint density at radius 1 is 1.52 bits per heavy atom. The molecule has 0 heterocycles. The van der Waals surface area contributed by atoms with E-state index in [9.17, 15) is 9.90 Å². The summed E-state index contributed by atoms with van der Waals surface area (Å²) in [7, 11) is 0. The van der Waals surface area contributed by atoms with Crippen LogP contribution in [-0.2, 0) is 4.79 Å². The highest BCUT2D eigenvalue weighted by molar-refractivity contribution is 9.10. The molecule has 5 heteroatoms. The summed E-state index contributed by atoms with van der Waals surface area (Å²) >= 11 is 5.35. The molecule has 1 aromatic rings. The van der Waals surface area contributed by atoms with Crippen LogP contribution in [0.4, 0.5) is 0 Å². The van der Waals surface area contributed by atoms with Crippen molar-refractivity contribution in [2.45, 2.75) is 43.0 Å². The molecule has 2 unspecified atom stereocenters. The predicted octanol–water partition coefficient (Wildman–Crippen LogP) is 4.16. The first-order valence-corrected chi connectivity index (χ1v) is 9.23. The standard InChI is InChI=1S/C16H22BrNO2S/c1-2-18-16(15(19)20)10-5-6-12(16)9-11-21-14-8-4-3-7-13(14)17/h3-4,7-8,12,18H,2,5-6,9-11H2,1H3,(H,19,20). The number of carboxylic acids is 1. The van der Waals surface area contributed by atoms with Crippen LogP contribution < -0.4 is 5.32 Å². The van der Waals surface area contributed by atoms with Crippen LogP contribution in [0.25, 0.3) is 0 Å². The van der Waals surface area contributed by atoms with E-state index in [0.717, 1.165) is 35.9 Å². The highest BCUT2D eigenvalue weighted by atomic mass is 79.9. The van der Waals surface area contributed by atoms with Crippen molar-refractivity contribution in [2.75, 3.05) is 12.3 Å². The summed E-state index contributed by atoms with van der Waals surface area (Å²) in [5.74, 6) is 0.496. The summed E-state index contributed by atoms with van der Waals surface area (Å²) in [6.45, 7) is 2.69. The molecule has 3 nitrogen and oxygen atoms in total. The summed E-state index contributed by atoms with van der Waals surface area (Å²) in [5, 5.41) is 12.9. The lowest BCUT2D eigenvalue weighted by molar-refractivity contribution is -0.146. The quantitative estimate of drug-likeness (QED) is 0.706. The summed E-state index contributed by atoms with van der Waals surface area (Å²) < 4.78 is 1.11. The fourth-order valence-electron chi connectivity index (χ4n) is 3.25. The molecule has 0 saturated heterocycles. The van der Waals surface area contributed by atoms with Crippen molar-refractivity contribution in [3.05, 3.63) is 28.7 Å². The lowest BCUT2D eigenvalue weighted by Gasteiger charge is -2.32. The van der Waals surface area contributed by atoms with Gasteiger partial charge in [-0.05, 0) is 65.5 Å². The number of carboxylic acid groups (broad SMARTS) is 1. The number of hydrogen-bond donors (Lipinski definition) is 2. The number of aliphatic carboxylic acids is 1. The molecule has 0 aliphatic heterocycles. The molecular formula is C16H22BrNO2S. The Bertz CT molecular complexity index is 497. The van der Waals surface area contributed by atoms with Gasteiger partial charge in [0.2, 0.25) is 0 Å². The fourth-order valence-corrected chi connectivity index (χ4v) is 4.88. The van der Waals surface area contributed by atoms with Crippen LogP contribution >= 0.6 is 27.7 Å². The molecule has 1 aliphatic carbocycles. The number of nitrogens with one attached hydrogen (secondary N) is 1. The number of hydrogen-bond acceptors (Lipinski definition) is 3. The lowest BCUT2D eigenvalue weighted by Crippen LogP contribution is -2.54. The van der Waals surface area contributed by atoms with Crippen LogP contribution in [0.2, 0.25) is 0 Å². The first-order chi connectivity index (χ1) is 10.1. The number of thioether (sulfide) groups is 1. The number of halogens is 1. The van der Waals surface area contributed by atoms with Crippen molar-refractivity contribution < 1.29 is 9.90 Å². The van der Waals surface area contributed by atoms with Gasteiger partial charge in [0.25, 0.3) is 0 Å². The van der Waals surface area contributed by atoms with Gasteiger partial charge in [0, 0.05) is 9.37 Å². The minimum Gasteiger partial charge on any atom is -0.480 e. The third-order valence-electron chi connectivity index (χ3n) is 4.26. The molecule has 0 radical (unpaired) electrons. The van der Waals surface area contributed by atoms with Crippen molar-refractivity contribution in [3.8, 4) is 0 Å². The van der Waals surface area contributed by atoms with Gasteiger partial charge in [0.15, 0.2) is 0 Å². The van der Waals surface area contributed by atoms with E-state index in [1.54, 1.807) is 11.8 Å². The zero-order valence-electron chi connectivity index (χ0n) is 12.3. The van der Waals surface area contributed by atoms with Gasteiger partial charge in [-0.1, -0.05) is 25.5 Å². The molecule has 2 rings (SSSR count). The van der Waals surface area contributed by atoms with Gasteiger partial charge >= 0.3 is 5.97 Å². The highest BCUT2D eigenvalue weighted by Crippen LogP contribution is 2.40. The predicted molar refractivity (Wildman–Crippen MR) is 90.9 cm³/mol. The third-order valence-corrected chi connectivity index (χ3v) is 6.32. The Kier molecular flexibility index (Phi) is 6.14. The molecule has 1 aliphatic rings. The maximum atomic E-state index is 11.7. The van der Waals surface area contributed by atoms with Crippen LogP contribution in [0.3, 0.4) is 0 Å². The molecule has 0 amide bonds. The minimum atomic E-state index is -0.705. The van der Waals surface area contributed by atoms with Crippen molar-refractivity contribution in [1.82, 2.24) is 5.32 Å². The molecule has 0 aromatic heterocycles. The van der Waals surface area contributed by atoms with E-state index in [-0.39, 0.29) is 5.92 Å². The van der Waals surface area contributed by atoms with Gasteiger partial charge in [0.05, 0.1) is 0 Å². The van der Waals surface area contributed by atoms with Crippen LogP contribution in [-0.4, -0.2) is 28.9 Å². The van der Waals surface area contributed by atoms with Crippen molar-refractivity contribution in [3.63, 3.8) is 0 Å². The zero-order chi connectivity index (χ0) is 15.3. The van der Waals surface area contributed by atoms with Crippen molar-refractivity contribution in [1.29, 1.82) is 0 Å². The van der Waals surface area contributed by atoms with Crippen LogP contribution in [0, 0.1) is 5.92 Å². The maximum absolute atomic E-state index is 11.7. The van der Waals surface area contributed by atoms with E-state index in [0.29, 0.717) is 6.54 Å². The van der Waals surface area contributed by atoms with E-state index in [1.807, 2.05) is 25.1 Å². The highest BCUT2D eigenvalue weighted by Gasteiger charge is 2.48. The summed E-state index contributed by atoms with van der Waals surface area (Å²) in [6, 6.07) is 8.17. The minimum absolute atomic E-state index is 0.227. The Morgan fingerprint density at radius 3 is 2.95 bits per heavy atom. The fraction of sp³-hybridized carbons (Fsp3) is 0.562. The van der Waals surface area contributed by atoms with Crippen molar-refractivity contribution >= 4 is 33.7 Å². The third kappa shape index (κ3) is 3.82. The molecule has 2 atom stereocenters. The van der Waals surface area contributed by atoms with E-state index >= 15 is 0 Å². The molecule has 0 spiro atoms. The SMILES string of the molecule is CCNC1(C(=O)O)CCCC1CCSc1ccccc1Br. The van der Waals surface area contributed by atoms with Gasteiger partial charge in [-0.25, -0.2) is 0 Å². The molecule has 2 N–H and O–H groups in total. The number of benzene rings is 1. The van der Waals surface area contributed by atoms with Gasteiger partial charge in [0.1, 0.15) is 5.54 Å².